The van der Waals surface area contributed by atoms with E-state index in [-0.39, 0.29) is 71.9 Å². The molecule has 0 fully saturated rings. The molecule has 0 spiro atoms. The molecule has 0 radical (unpaired) electrons. The van der Waals surface area contributed by atoms with Gasteiger partial charge in [-0.3, -0.25) is 0 Å². The number of rotatable bonds is 4. The SMILES string of the molecule is O=P(O)(O)OS(=O)(=O)OP(=O)(O)O.[Fe].[Fe].[LiH].[LiH]. The van der Waals surface area contributed by atoms with E-state index in [4.69, 9.17) is 19.6 Å². The Morgan fingerprint density at radius 2 is 0.941 bits per heavy atom. The number of hydrogen-bond acceptors (Lipinski definition) is 6. The Hall–Kier alpha value is 2.40. The fourth-order valence-electron chi connectivity index (χ4n) is 0.251. The van der Waals surface area contributed by atoms with E-state index in [2.05, 4.69) is 7.94 Å². The summed E-state index contributed by atoms with van der Waals surface area (Å²) in [5.41, 5.74) is 0. The topological polar surface area (TPSA) is 168 Å². The molecule has 17 heavy (non-hydrogen) atoms. The molecule has 0 aromatic carbocycles. The molecule has 0 saturated heterocycles. The van der Waals surface area contributed by atoms with Crippen LogP contribution >= 0.6 is 15.6 Å². The first-order chi connectivity index (χ1) is 5.41. The third-order valence-electron chi connectivity index (χ3n) is 0.377. The molecule has 100 valence electrons. The van der Waals surface area contributed by atoms with E-state index in [1.807, 2.05) is 0 Å². The van der Waals surface area contributed by atoms with E-state index in [1.165, 1.54) is 0 Å². The molecule has 0 aliphatic rings. The van der Waals surface area contributed by atoms with Gasteiger partial charge in [-0.25, -0.2) is 9.13 Å². The van der Waals surface area contributed by atoms with Crippen molar-refractivity contribution in [1.29, 1.82) is 0 Å². The van der Waals surface area contributed by atoms with Gasteiger partial charge in [0.25, 0.3) is 0 Å². The summed E-state index contributed by atoms with van der Waals surface area (Å²) in [6.07, 6.45) is 0. The molecule has 17 heteroatoms. The summed E-state index contributed by atoms with van der Waals surface area (Å²) in [5, 5.41) is 0. The molecule has 0 heterocycles. The van der Waals surface area contributed by atoms with Crippen LogP contribution in [0, 0.1) is 0 Å². The first-order valence-electron chi connectivity index (χ1n) is 2.20. The summed E-state index contributed by atoms with van der Waals surface area (Å²) >= 11 is 0. The van der Waals surface area contributed by atoms with Crippen LogP contribution in [0.25, 0.3) is 0 Å². The Balaban J connectivity index is -0.000000120. The van der Waals surface area contributed by atoms with Crippen molar-refractivity contribution in [2.45, 2.75) is 0 Å². The minimum atomic E-state index is -5.43. The second-order valence-corrected chi connectivity index (χ2v) is 5.51. The summed E-state index contributed by atoms with van der Waals surface area (Å²) in [4.78, 5) is 31.7. The zero-order chi connectivity index (χ0) is 10.9. The van der Waals surface area contributed by atoms with Crippen LogP contribution in [0.1, 0.15) is 0 Å². The van der Waals surface area contributed by atoms with Gasteiger partial charge in [0.05, 0.1) is 0 Å². The third kappa shape index (κ3) is 23.9. The van der Waals surface area contributed by atoms with E-state index in [9.17, 15) is 17.5 Å². The molecule has 0 atom stereocenters. The summed E-state index contributed by atoms with van der Waals surface area (Å²) in [6.45, 7) is 0. The maximum absolute atomic E-state index is 10.2. The van der Waals surface area contributed by atoms with Crippen LogP contribution in [0.15, 0.2) is 0 Å². The first kappa shape index (κ1) is 31.7. The van der Waals surface area contributed by atoms with E-state index < -0.39 is 26.0 Å². The van der Waals surface area contributed by atoms with Crippen LogP contribution in [-0.2, 0) is 61.6 Å². The van der Waals surface area contributed by atoms with Crippen LogP contribution in [0.4, 0.5) is 0 Å². The predicted molar refractivity (Wildman–Crippen MR) is 49.5 cm³/mol. The Morgan fingerprint density at radius 3 is 1.06 bits per heavy atom. The van der Waals surface area contributed by atoms with Crippen molar-refractivity contribution in [2.75, 3.05) is 0 Å². The molecule has 0 aliphatic heterocycles. The molecule has 10 nitrogen and oxygen atoms in total. The third-order valence-corrected chi connectivity index (χ3v) is 3.39. The van der Waals surface area contributed by atoms with Crippen LogP contribution < -0.4 is 0 Å². The average Bonchev–Trinajstić information content (AvgIpc) is 1.43. The van der Waals surface area contributed by atoms with Crippen molar-refractivity contribution in [2.24, 2.45) is 0 Å². The Kier molecular flexibility index (Phi) is 20.7. The molecule has 0 saturated carbocycles. The molecule has 0 aromatic heterocycles. The standard InChI is InChI=1S/2Fe.2Li.H4O10P2S.2H/c;;;;1-11(2,3)9-13(7,8)10-12(4,5)6;;/h;;;;(H2,1,2,3)(H2,4,5,6);;. The summed E-state index contributed by atoms with van der Waals surface area (Å²) < 4.78 is 46.1. The van der Waals surface area contributed by atoms with Gasteiger partial charge in [-0.15, -0.1) is 7.94 Å². The van der Waals surface area contributed by atoms with Gasteiger partial charge in [-0.1, -0.05) is 0 Å². The number of phosphoric acid groups is 2. The molecular weight excluding hydrogens is 380 g/mol. The molecular formula is H6Fe2Li2O10P2S. The Bertz CT molecular complexity index is 336. The van der Waals surface area contributed by atoms with Crippen molar-refractivity contribution in [3.8, 4) is 0 Å². The van der Waals surface area contributed by atoms with Crippen molar-refractivity contribution in [3.05, 3.63) is 0 Å². The molecule has 0 unspecified atom stereocenters. The predicted octanol–water partition coefficient (Wildman–Crippen LogP) is -2.85. The molecule has 0 rings (SSSR count). The monoisotopic (exact) mass is 386 g/mol. The van der Waals surface area contributed by atoms with E-state index >= 15 is 0 Å². The zero-order valence-corrected chi connectivity index (χ0v) is 11.1. The van der Waals surface area contributed by atoms with Gasteiger partial charge >= 0.3 is 63.8 Å². The molecule has 0 aliphatic carbocycles. The normalized spacial score (nSPS) is 11.1. The summed E-state index contributed by atoms with van der Waals surface area (Å²) in [5.74, 6) is 0. The van der Waals surface area contributed by atoms with Gasteiger partial charge in [0.2, 0.25) is 0 Å². The van der Waals surface area contributed by atoms with Gasteiger partial charge in [0, 0.05) is 34.1 Å². The fourth-order valence-corrected chi connectivity index (χ4v) is 2.51. The van der Waals surface area contributed by atoms with Crippen molar-refractivity contribution < 1.29 is 79.2 Å². The quantitative estimate of drug-likeness (QED) is 0.292. The van der Waals surface area contributed by atoms with Gasteiger partial charge in [0.1, 0.15) is 0 Å². The van der Waals surface area contributed by atoms with E-state index in [1.54, 1.807) is 0 Å². The maximum atomic E-state index is 10.2. The van der Waals surface area contributed by atoms with Gasteiger partial charge in [0.15, 0.2) is 0 Å². The fraction of sp³-hybridized carbons (Fsp3) is 0. The number of hydrogen-bond donors (Lipinski definition) is 4. The summed E-state index contributed by atoms with van der Waals surface area (Å²) in [7, 11) is -16.3. The van der Waals surface area contributed by atoms with Gasteiger partial charge < -0.3 is 19.6 Å². The second-order valence-electron chi connectivity index (χ2n) is 1.54. The minimum absolute atomic E-state index is 0. The summed E-state index contributed by atoms with van der Waals surface area (Å²) in [6, 6.07) is 0. The van der Waals surface area contributed by atoms with Crippen molar-refractivity contribution in [1.82, 2.24) is 0 Å². The van der Waals surface area contributed by atoms with E-state index in [0.29, 0.717) is 0 Å². The first-order valence-corrected chi connectivity index (χ1v) is 6.59. The zero-order valence-electron chi connectivity index (χ0n) is 6.25. The van der Waals surface area contributed by atoms with Crippen molar-refractivity contribution >= 4 is 63.8 Å². The van der Waals surface area contributed by atoms with Crippen LogP contribution in [0.5, 0.6) is 0 Å². The molecule has 0 bridgehead atoms. The van der Waals surface area contributed by atoms with Gasteiger partial charge in [-0.2, -0.15) is 8.42 Å². The van der Waals surface area contributed by atoms with Crippen LogP contribution in [0.2, 0.25) is 0 Å². The van der Waals surface area contributed by atoms with Crippen molar-refractivity contribution in [3.63, 3.8) is 0 Å². The Morgan fingerprint density at radius 1 is 0.765 bits per heavy atom. The van der Waals surface area contributed by atoms with Crippen LogP contribution in [-0.4, -0.2) is 65.7 Å². The molecule has 0 amide bonds. The molecule has 4 N–H and O–H groups in total. The van der Waals surface area contributed by atoms with E-state index in [0.717, 1.165) is 0 Å². The van der Waals surface area contributed by atoms with Crippen LogP contribution in [0.3, 0.4) is 0 Å². The van der Waals surface area contributed by atoms with Gasteiger partial charge in [-0.05, 0) is 0 Å². The average molecular weight is 386 g/mol. The molecule has 0 aromatic rings. The Labute approximate surface area is 142 Å². The second kappa shape index (κ2) is 11.1.